The van der Waals surface area contributed by atoms with Crippen molar-refractivity contribution in [2.75, 3.05) is 19.6 Å². The van der Waals surface area contributed by atoms with Crippen LogP contribution in [0.5, 0.6) is 0 Å². The van der Waals surface area contributed by atoms with Gasteiger partial charge in [0.2, 0.25) is 0 Å². The van der Waals surface area contributed by atoms with Crippen LogP contribution in [0.25, 0.3) is 0 Å². The SMILES string of the molecule is O=[N+]([O-])c1ccc(/C(CN2CCCC2)=N/O)cc1. The Balaban J connectivity index is 2.09. The number of oxime groups is 1. The lowest BCUT2D eigenvalue weighted by Crippen LogP contribution is -2.27. The lowest BCUT2D eigenvalue weighted by atomic mass is 10.1. The summed E-state index contributed by atoms with van der Waals surface area (Å²) in [5, 5.41) is 22.9. The van der Waals surface area contributed by atoms with E-state index in [0.29, 0.717) is 12.3 Å². The van der Waals surface area contributed by atoms with Gasteiger partial charge in [-0.2, -0.15) is 0 Å². The van der Waals surface area contributed by atoms with Gasteiger partial charge in [0.15, 0.2) is 0 Å². The van der Waals surface area contributed by atoms with Gasteiger partial charge in [0.25, 0.3) is 5.69 Å². The van der Waals surface area contributed by atoms with E-state index < -0.39 is 4.92 Å². The quantitative estimate of drug-likeness (QED) is 0.382. The molecular weight excluding hydrogens is 234 g/mol. The molecule has 1 aromatic carbocycles. The second kappa shape index (κ2) is 5.59. The molecule has 0 spiro atoms. The van der Waals surface area contributed by atoms with Gasteiger partial charge in [-0.3, -0.25) is 15.0 Å². The number of likely N-dealkylation sites (tertiary alicyclic amines) is 1. The van der Waals surface area contributed by atoms with Crippen molar-refractivity contribution in [3.8, 4) is 0 Å². The maximum atomic E-state index is 10.5. The van der Waals surface area contributed by atoms with E-state index in [1.807, 2.05) is 0 Å². The van der Waals surface area contributed by atoms with Crippen LogP contribution in [-0.2, 0) is 0 Å². The number of hydrogen-bond acceptors (Lipinski definition) is 5. The molecule has 1 aliphatic heterocycles. The molecule has 1 aromatic rings. The molecular formula is C12H15N3O3. The molecule has 1 N–H and O–H groups in total. The monoisotopic (exact) mass is 249 g/mol. The first-order chi connectivity index (χ1) is 8.70. The first-order valence-electron chi connectivity index (χ1n) is 5.89. The van der Waals surface area contributed by atoms with Gasteiger partial charge < -0.3 is 5.21 Å². The van der Waals surface area contributed by atoms with Gasteiger partial charge in [0, 0.05) is 24.2 Å². The van der Waals surface area contributed by atoms with Gasteiger partial charge in [-0.1, -0.05) is 5.16 Å². The van der Waals surface area contributed by atoms with Crippen molar-refractivity contribution in [1.82, 2.24) is 4.90 Å². The minimum absolute atomic E-state index is 0.0391. The zero-order valence-electron chi connectivity index (χ0n) is 9.95. The van der Waals surface area contributed by atoms with Gasteiger partial charge in [-0.25, -0.2) is 0 Å². The summed E-state index contributed by atoms with van der Waals surface area (Å²) in [6.07, 6.45) is 2.33. The Morgan fingerprint density at radius 3 is 2.44 bits per heavy atom. The smallest absolute Gasteiger partial charge is 0.269 e. The average Bonchev–Trinajstić information content (AvgIpc) is 2.89. The minimum Gasteiger partial charge on any atom is -0.411 e. The van der Waals surface area contributed by atoms with Gasteiger partial charge in [-0.15, -0.1) is 0 Å². The van der Waals surface area contributed by atoms with Gasteiger partial charge in [0.1, 0.15) is 5.71 Å². The molecule has 1 fully saturated rings. The zero-order valence-corrected chi connectivity index (χ0v) is 9.95. The van der Waals surface area contributed by atoms with Crippen LogP contribution in [0, 0.1) is 10.1 Å². The lowest BCUT2D eigenvalue weighted by molar-refractivity contribution is -0.384. The van der Waals surface area contributed by atoms with Crippen molar-refractivity contribution in [3.05, 3.63) is 39.9 Å². The number of nitrogens with zero attached hydrogens (tertiary/aromatic N) is 3. The summed E-state index contributed by atoms with van der Waals surface area (Å²) in [4.78, 5) is 12.3. The summed E-state index contributed by atoms with van der Waals surface area (Å²) in [6, 6.07) is 6.07. The predicted octanol–water partition coefficient (Wildman–Crippen LogP) is 1.87. The van der Waals surface area contributed by atoms with E-state index in [4.69, 9.17) is 5.21 Å². The van der Waals surface area contributed by atoms with Crippen LogP contribution in [-0.4, -0.2) is 40.4 Å². The topological polar surface area (TPSA) is 79.0 Å². The van der Waals surface area contributed by atoms with Crippen LogP contribution in [0.3, 0.4) is 0 Å². The second-order valence-electron chi connectivity index (χ2n) is 4.33. The summed E-state index contributed by atoms with van der Waals surface area (Å²) < 4.78 is 0. The summed E-state index contributed by atoms with van der Waals surface area (Å²) in [5.74, 6) is 0. The first kappa shape index (κ1) is 12.5. The Hall–Kier alpha value is -1.95. The van der Waals surface area contributed by atoms with E-state index in [1.165, 1.54) is 25.0 Å². The fourth-order valence-electron chi connectivity index (χ4n) is 2.11. The van der Waals surface area contributed by atoms with E-state index in [9.17, 15) is 10.1 Å². The summed E-state index contributed by atoms with van der Waals surface area (Å²) in [5.41, 5.74) is 1.30. The number of nitro groups is 1. The molecule has 0 radical (unpaired) electrons. The molecule has 0 aromatic heterocycles. The molecule has 6 heteroatoms. The van der Waals surface area contributed by atoms with E-state index in [2.05, 4.69) is 10.1 Å². The van der Waals surface area contributed by atoms with Crippen molar-refractivity contribution < 1.29 is 10.1 Å². The molecule has 0 saturated carbocycles. The van der Waals surface area contributed by atoms with Crippen LogP contribution < -0.4 is 0 Å². The maximum absolute atomic E-state index is 10.5. The molecule has 0 aliphatic carbocycles. The van der Waals surface area contributed by atoms with Crippen LogP contribution >= 0.6 is 0 Å². The molecule has 6 nitrogen and oxygen atoms in total. The highest BCUT2D eigenvalue weighted by molar-refractivity contribution is 6.01. The number of hydrogen-bond donors (Lipinski definition) is 1. The first-order valence-corrected chi connectivity index (χ1v) is 5.89. The molecule has 18 heavy (non-hydrogen) atoms. The minimum atomic E-state index is -0.444. The molecule has 1 aliphatic rings. The summed E-state index contributed by atoms with van der Waals surface area (Å²) in [6.45, 7) is 2.59. The standard InChI is InChI=1S/C12H15N3O3/c16-13-12(9-14-7-1-2-8-14)10-3-5-11(6-4-10)15(17)18/h3-6,16H,1-2,7-9H2/b13-12+. The molecule has 2 rings (SSSR count). The van der Waals surface area contributed by atoms with Crippen molar-refractivity contribution in [2.45, 2.75) is 12.8 Å². The van der Waals surface area contributed by atoms with Crippen molar-refractivity contribution >= 4 is 11.4 Å². The van der Waals surface area contributed by atoms with Crippen molar-refractivity contribution in [1.29, 1.82) is 0 Å². The molecule has 0 bridgehead atoms. The van der Waals surface area contributed by atoms with E-state index in [0.717, 1.165) is 18.7 Å². The molecule has 96 valence electrons. The van der Waals surface area contributed by atoms with E-state index >= 15 is 0 Å². The number of nitro benzene ring substituents is 1. The Morgan fingerprint density at radius 1 is 1.33 bits per heavy atom. The zero-order chi connectivity index (χ0) is 13.0. The van der Waals surface area contributed by atoms with Crippen molar-refractivity contribution in [3.63, 3.8) is 0 Å². The van der Waals surface area contributed by atoms with Crippen LogP contribution in [0.1, 0.15) is 18.4 Å². The number of non-ortho nitro benzene ring substituents is 1. The van der Waals surface area contributed by atoms with Gasteiger partial charge in [0.05, 0.1) is 4.92 Å². The highest BCUT2D eigenvalue weighted by Crippen LogP contribution is 2.14. The highest BCUT2D eigenvalue weighted by Gasteiger charge is 2.16. The highest BCUT2D eigenvalue weighted by atomic mass is 16.6. The normalized spacial score (nSPS) is 17.0. The summed E-state index contributed by atoms with van der Waals surface area (Å²) in [7, 11) is 0. The Morgan fingerprint density at radius 2 is 1.94 bits per heavy atom. The third-order valence-corrected chi connectivity index (χ3v) is 3.10. The third-order valence-electron chi connectivity index (χ3n) is 3.10. The van der Waals surface area contributed by atoms with Crippen LogP contribution in [0.2, 0.25) is 0 Å². The molecule has 0 atom stereocenters. The van der Waals surface area contributed by atoms with Crippen LogP contribution in [0.15, 0.2) is 29.4 Å². The van der Waals surface area contributed by atoms with Gasteiger partial charge >= 0.3 is 0 Å². The lowest BCUT2D eigenvalue weighted by Gasteiger charge is -2.15. The third kappa shape index (κ3) is 2.84. The molecule has 1 saturated heterocycles. The Bertz CT molecular complexity index is 450. The summed E-state index contributed by atoms with van der Waals surface area (Å²) >= 11 is 0. The molecule has 0 unspecified atom stereocenters. The van der Waals surface area contributed by atoms with Crippen LogP contribution in [0.4, 0.5) is 5.69 Å². The fraction of sp³-hybridized carbons (Fsp3) is 0.417. The van der Waals surface area contributed by atoms with E-state index in [1.54, 1.807) is 12.1 Å². The maximum Gasteiger partial charge on any atom is 0.269 e. The Kier molecular flexibility index (Phi) is 3.88. The average molecular weight is 249 g/mol. The Labute approximate surface area is 105 Å². The van der Waals surface area contributed by atoms with E-state index in [-0.39, 0.29) is 5.69 Å². The predicted molar refractivity (Wildman–Crippen MR) is 67.1 cm³/mol. The van der Waals surface area contributed by atoms with Gasteiger partial charge in [-0.05, 0) is 38.1 Å². The number of rotatable bonds is 4. The van der Waals surface area contributed by atoms with Crippen molar-refractivity contribution in [2.24, 2.45) is 5.16 Å². The second-order valence-corrected chi connectivity index (χ2v) is 4.33. The number of benzene rings is 1. The fourth-order valence-corrected chi connectivity index (χ4v) is 2.11. The molecule has 0 amide bonds. The molecule has 1 heterocycles. The largest absolute Gasteiger partial charge is 0.411 e.